The quantitative estimate of drug-likeness (QED) is 0.733. The van der Waals surface area contributed by atoms with E-state index in [-0.39, 0.29) is 0 Å². The van der Waals surface area contributed by atoms with Crippen molar-refractivity contribution in [3.8, 4) is 0 Å². The summed E-state index contributed by atoms with van der Waals surface area (Å²) in [6.07, 6.45) is 7.41. The van der Waals surface area contributed by atoms with E-state index in [9.17, 15) is 4.79 Å². The Labute approximate surface area is 87.5 Å². The number of carbonyl (C=O) groups is 1. The van der Waals surface area contributed by atoms with Crippen molar-refractivity contribution in [2.75, 3.05) is 13.1 Å². The summed E-state index contributed by atoms with van der Waals surface area (Å²) < 4.78 is 0. The second-order valence-corrected chi connectivity index (χ2v) is 4.87. The molecule has 1 N–H and O–H groups in total. The zero-order valence-electron chi connectivity index (χ0n) is 9.57. The first-order valence-corrected chi connectivity index (χ1v) is 5.89. The van der Waals surface area contributed by atoms with E-state index in [1.807, 2.05) is 6.92 Å². The van der Waals surface area contributed by atoms with Crippen LogP contribution in [0.1, 0.15) is 52.4 Å². The molecule has 1 rings (SSSR count). The molecule has 1 aliphatic rings. The molecule has 0 aromatic carbocycles. The van der Waals surface area contributed by atoms with E-state index in [2.05, 4.69) is 12.2 Å². The second kappa shape index (κ2) is 5.50. The summed E-state index contributed by atoms with van der Waals surface area (Å²) in [5.41, 5.74) is 0.451. The van der Waals surface area contributed by atoms with E-state index < -0.39 is 0 Å². The van der Waals surface area contributed by atoms with Crippen LogP contribution >= 0.6 is 0 Å². The van der Waals surface area contributed by atoms with Gasteiger partial charge in [-0.3, -0.25) is 4.79 Å². The average molecular weight is 197 g/mol. The lowest BCUT2D eigenvalue weighted by Gasteiger charge is -2.33. The van der Waals surface area contributed by atoms with E-state index in [0.29, 0.717) is 24.2 Å². The van der Waals surface area contributed by atoms with Crippen LogP contribution in [0.25, 0.3) is 0 Å². The highest BCUT2D eigenvalue weighted by Crippen LogP contribution is 2.34. The third-order valence-corrected chi connectivity index (χ3v) is 3.33. The van der Waals surface area contributed by atoms with Gasteiger partial charge in [0.25, 0.3) is 0 Å². The zero-order chi connectivity index (χ0) is 10.4. The summed E-state index contributed by atoms with van der Waals surface area (Å²) in [5.74, 6) is 0.324. The topological polar surface area (TPSA) is 29.1 Å². The fraction of sp³-hybridized carbons (Fsp3) is 0.917. The standard InChI is InChI=1S/C12H23NO/c1-3-11(14)9-13-10-12(2)7-5-4-6-8-12/h13H,3-10H2,1-2H3. The van der Waals surface area contributed by atoms with Gasteiger partial charge in [0.2, 0.25) is 0 Å². The van der Waals surface area contributed by atoms with Crippen molar-refractivity contribution in [3.05, 3.63) is 0 Å². The fourth-order valence-electron chi connectivity index (χ4n) is 2.21. The van der Waals surface area contributed by atoms with Crippen LogP contribution in [0.4, 0.5) is 0 Å². The Morgan fingerprint density at radius 3 is 2.50 bits per heavy atom. The van der Waals surface area contributed by atoms with Gasteiger partial charge in [-0.25, -0.2) is 0 Å². The lowest BCUT2D eigenvalue weighted by atomic mass is 9.76. The first kappa shape index (κ1) is 11.7. The predicted molar refractivity (Wildman–Crippen MR) is 59.4 cm³/mol. The number of rotatable bonds is 5. The minimum absolute atomic E-state index is 0.324. The zero-order valence-corrected chi connectivity index (χ0v) is 9.57. The number of ketones is 1. The molecule has 0 amide bonds. The maximum Gasteiger partial charge on any atom is 0.146 e. The van der Waals surface area contributed by atoms with Crippen molar-refractivity contribution in [1.82, 2.24) is 5.32 Å². The molecule has 1 saturated carbocycles. The Hall–Kier alpha value is -0.370. The van der Waals surface area contributed by atoms with Gasteiger partial charge in [-0.1, -0.05) is 33.1 Å². The second-order valence-electron chi connectivity index (χ2n) is 4.87. The van der Waals surface area contributed by atoms with Crippen molar-refractivity contribution in [3.63, 3.8) is 0 Å². The first-order valence-electron chi connectivity index (χ1n) is 5.89. The lowest BCUT2D eigenvalue weighted by Crippen LogP contribution is -2.36. The molecule has 1 aliphatic carbocycles. The van der Waals surface area contributed by atoms with E-state index in [1.54, 1.807) is 0 Å². The maximum absolute atomic E-state index is 11.1. The van der Waals surface area contributed by atoms with Gasteiger partial charge in [0.1, 0.15) is 5.78 Å². The lowest BCUT2D eigenvalue weighted by molar-refractivity contribution is -0.118. The van der Waals surface area contributed by atoms with Crippen LogP contribution in [0.3, 0.4) is 0 Å². The van der Waals surface area contributed by atoms with Crippen LogP contribution in [-0.4, -0.2) is 18.9 Å². The van der Waals surface area contributed by atoms with Crippen LogP contribution in [-0.2, 0) is 4.79 Å². The highest BCUT2D eigenvalue weighted by molar-refractivity contribution is 5.80. The third kappa shape index (κ3) is 3.79. The minimum Gasteiger partial charge on any atom is -0.309 e. The number of hydrogen-bond acceptors (Lipinski definition) is 2. The van der Waals surface area contributed by atoms with Gasteiger partial charge in [-0.15, -0.1) is 0 Å². The van der Waals surface area contributed by atoms with Crippen LogP contribution < -0.4 is 5.32 Å². The predicted octanol–water partition coefficient (Wildman–Crippen LogP) is 2.53. The molecule has 0 bridgehead atoms. The Morgan fingerprint density at radius 2 is 1.93 bits per heavy atom. The molecule has 0 aliphatic heterocycles. The largest absolute Gasteiger partial charge is 0.309 e. The number of Topliss-reactive ketones (excluding diaryl/α,β-unsaturated/α-hetero) is 1. The Kier molecular flexibility index (Phi) is 4.59. The molecule has 0 radical (unpaired) electrons. The average Bonchev–Trinajstić information content (AvgIpc) is 2.18. The molecule has 82 valence electrons. The van der Waals surface area contributed by atoms with Crippen LogP contribution in [0.2, 0.25) is 0 Å². The van der Waals surface area contributed by atoms with Crippen LogP contribution in [0.15, 0.2) is 0 Å². The molecule has 0 aromatic heterocycles. The Balaban J connectivity index is 2.18. The van der Waals surface area contributed by atoms with Crippen molar-refractivity contribution < 1.29 is 4.79 Å². The van der Waals surface area contributed by atoms with Crippen molar-refractivity contribution in [1.29, 1.82) is 0 Å². The molecule has 0 atom stereocenters. The van der Waals surface area contributed by atoms with E-state index in [0.717, 1.165) is 6.54 Å². The van der Waals surface area contributed by atoms with E-state index in [1.165, 1.54) is 32.1 Å². The molecule has 1 fully saturated rings. The summed E-state index contributed by atoms with van der Waals surface area (Å²) in [6.45, 7) is 5.84. The van der Waals surface area contributed by atoms with Crippen LogP contribution in [0.5, 0.6) is 0 Å². The van der Waals surface area contributed by atoms with Crippen molar-refractivity contribution >= 4 is 5.78 Å². The van der Waals surface area contributed by atoms with Gasteiger partial charge >= 0.3 is 0 Å². The molecule has 0 saturated heterocycles. The normalized spacial score (nSPS) is 20.7. The molecule has 14 heavy (non-hydrogen) atoms. The van der Waals surface area contributed by atoms with Gasteiger partial charge in [-0.2, -0.15) is 0 Å². The smallest absolute Gasteiger partial charge is 0.146 e. The highest BCUT2D eigenvalue weighted by atomic mass is 16.1. The first-order chi connectivity index (χ1) is 6.66. The number of nitrogens with one attached hydrogen (secondary N) is 1. The van der Waals surface area contributed by atoms with Gasteiger partial charge in [0, 0.05) is 13.0 Å². The molecular weight excluding hydrogens is 174 g/mol. The van der Waals surface area contributed by atoms with Gasteiger partial charge in [0.05, 0.1) is 6.54 Å². The molecule has 0 spiro atoms. The van der Waals surface area contributed by atoms with Crippen LogP contribution in [0, 0.1) is 5.41 Å². The third-order valence-electron chi connectivity index (χ3n) is 3.33. The Morgan fingerprint density at radius 1 is 1.29 bits per heavy atom. The maximum atomic E-state index is 11.1. The molecule has 2 nitrogen and oxygen atoms in total. The van der Waals surface area contributed by atoms with Gasteiger partial charge in [-0.05, 0) is 18.3 Å². The summed E-state index contributed by atoms with van der Waals surface area (Å²) in [4.78, 5) is 11.1. The SMILES string of the molecule is CCC(=O)CNCC1(C)CCCCC1. The Bertz CT molecular complexity index is 183. The number of carbonyl (C=O) groups excluding carboxylic acids is 1. The van der Waals surface area contributed by atoms with E-state index in [4.69, 9.17) is 0 Å². The molecule has 0 heterocycles. The van der Waals surface area contributed by atoms with Gasteiger partial charge < -0.3 is 5.32 Å². The highest BCUT2D eigenvalue weighted by Gasteiger charge is 2.26. The summed E-state index contributed by atoms with van der Waals surface area (Å²) >= 11 is 0. The molecule has 0 unspecified atom stereocenters. The fourth-order valence-corrected chi connectivity index (χ4v) is 2.21. The summed E-state index contributed by atoms with van der Waals surface area (Å²) in [6, 6.07) is 0. The van der Waals surface area contributed by atoms with E-state index >= 15 is 0 Å². The molecule has 0 aromatic rings. The van der Waals surface area contributed by atoms with Crippen molar-refractivity contribution in [2.45, 2.75) is 52.4 Å². The summed E-state index contributed by atoms with van der Waals surface area (Å²) in [5, 5.41) is 3.30. The minimum atomic E-state index is 0.324. The molecular formula is C12H23NO. The van der Waals surface area contributed by atoms with Crippen molar-refractivity contribution in [2.24, 2.45) is 5.41 Å². The monoisotopic (exact) mass is 197 g/mol. The molecule has 2 heteroatoms. The summed E-state index contributed by atoms with van der Waals surface area (Å²) in [7, 11) is 0. The van der Waals surface area contributed by atoms with Gasteiger partial charge in [0.15, 0.2) is 0 Å². The number of hydrogen-bond donors (Lipinski definition) is 1.